The lowest BCUT2D eigenvalue weighted by molar-refractivity contribution is 0.0792. The Balaban J connectivity index is 1.47. The van der Waals surface area contributed by atoms with Gasteiger partial charge in [0.15, 0.2) is 0 Å². The Bertz CT molecular complexity index is 1390. The zero-order valence-corrected chi connectivity index (χ0v) is 19.4. The minimum atomic E-state index is -0.347. The van der Waals surface area contributed by atoms with Gasteiger partial charge < -0.3 is 10.2 Å². The quantitative estimate of drug-likeness (QED) is 0.422. The number of anilines is 1. The molecule has 0 aliphatic carbocycles. The molecular weight excluding hydrogens is 443 g/mol. The van der Waals surface area contributed by atoms with Crippen LogP contribution < -0.4 is 5.32 Å². The summed E-state index contributed by atoms with van der Waals surface area (Å²) < 4.78 is 15.0. The molecule has 7 heteroatoms. The van der Waals surface area contributed by atoms with Gasteiger partial charge in [0.05, 0.1) is 11.3 Å². The molecule has 1 aliphatic heterocycles. The molecule has 5 rings (SSSR count). The van der Waals surface area contributed by atoms with Crippen molar-refractivity contribution in [2.45, 2.75) is 19.8 Å². The van der Waals surface area contributed by atoms with E-state index in [-0.39, 0.29) is 17.6 Å². The number of likely N-dealkylation sites (tertiary alicyclic amines) is 1. The van der Waals surface area contributed by atoms with Crippen LogP contribution in [0.1, 0.15) is 39.1 Å². The fraction of sp³-hybridized carbons (Fsp3) is 0.179. The molecule has 0 bridgehead atoms. The van der Waals surface area contributed by atoms with Gasteiger partial charge in [-0.2, -0.15) is 5.10 Å². The summed E-state index contributed by atoms with van der Waals surface area (Å²) in [6, 6.07) is 20.7. The lowest BCUT2D eigenvalue weighted by atomic mass is 10.1. The summed E-state index contributed by atoms with van der Waals surface area (Å²) in [5.74, 6) is -0.718. The number of carbonyl (C=O) groups excluding carboxylic acids is 2. The average Bonchev–Trinajstić information content (AvgIpc) is 3.55. The van der Waals surface area contributed by atoms with Crippen molar-refractivity contribution in [2.75, 3.05) is 18.4 Å². The van der Waals surface area contributed by atoms with Gasteiger partial charge in [0, 0.05) is 36.1 Å². The van der Waals surface area contributed by atoms with E-state index in [1.54, 1.807) is 47.3 Å². The second kappa shape index (κ2) is 9.54. The fourth-order valence-corrected chi connectivity index (χ4v) is 4.30. The minimum absolute atomic E-state index is 0.0248. The van der Waals surface area contributed by atoms with E-state index in [1.165, 1.54) is 12.1 Å². The number of aromatic nitrogens is 2. The molecule has 1 N–H and O–H groups in total. The lowest BCUT2D eigenvalue weighted by Crippen LogP contribution is -2.27. The summed E-state index contributed by atoms with van der Waals surface area (Å²) in [7, 11) is 0. The van der Waals surface area contributed by atoms with Crippen LogP contribution in [0.2, 0.25) is 0 Å². The number of benzene rings is 3. The van der Waals surface area contributed by atoms with E-state index in [0.717, 1.165) is 37.1 Å². The number of rotatable bonds is 5. The number of hydrogen-bond donors (Lipinski definition) is 1. The van der Waals surface area contributed by atoms with Crippen molar-refractivity contribution in [3.05, 3.63) is 102 Å². The minimum Gasteiger partial charge on any atom is -0.339 e. The number of amides is 2. The molecule has 1 saturated heterocycles. The van der Waals surface area contributed by atoms with E-state index in [0.29, 0.717) is 28.2 Å². The number of nitrogens with one attached hydrogen (secondary N) is 1. The number of carbonyl (C=O) groups is 2. The largest absolute Gasteiger partial charge is 0.339 e. The molecule has 2 amide bonds. The van der Waals surface area contributed by atoms with Crippen LogP contribution in [0.3, 0.4) is 0 Å². The first-order valence-electron chi connectivity index (χ1n) is 11.6. The molecule has 0 radical (unpaired) electrons. The van der Waals surface area contributed by atoms with E-state index in [9.17, 15) is 14.0 Å². The van der Waals surface area contributed by atoms with Gasteiger partial charge in [-0.05, 0) is 68.3 Å². The van der Waals surface area contributed by atoms with Crippen molar-refractivity contribution >= 4 is 17.5 Å². The predicted molar refractivity (Wildman–Crippen MR) is 133 cm³/mol. The van der Waals surface area contributed by atoms with Gasteiger partial charge >= 0.3 is 0 Å². The Labute approximate surface area is 203 Å². The van der Waals surface area contributed by atoms with Crippen molar-refractivity contribution in [3.63, 3.8) is 0 Å². The van der Waals surface area contributed by atoms with E-state index >= 15 is 0 Å². The van der Waals surface area contributed by atoms with Gasteiger partial charge in [0.25, 0.3) is 11.8 Å². The van der Waals surface area contributed by atoms with Crippen molar-refractivity contribution in [2.24, 2.45) is 0 Å². The summed E-state index contributed by atoms with van der Waals surface area (Å²) >= 11 is 0. The van der Waals surface area contributed by atoms with Crippen LogP contribution in [-0.2, 0) is 0 Å². The first kappa shape index (κ1) is 22.5. The number of halogens is 1. The summed E-state index contributed by atoms with van der Waals surface area (Å²) in [6.45, 7) is 3.50. The SMILES string of the molecule is Cc1cccc(-c2nn(-c3ccc(F)cc3)cc2C(=O)Nc2cccc(C(=O)N3CCCC3)c2)c1. The number of hydrogen-bond acceptors (Lipinski definition) is 3. The molecule has 0 saturated carbocycles. The normalized spacial score (nSPS) is 13.1. The molecule has 1 aromatic heterocycles. The van der Waals surface area contributed by atoms with Crippen LogP contribution in [0.4, 0.5) is 10.1 Å². The van der Waals surface area contributed by atoms with Gasteiger partial charge in [-0.15, -0.1) is 0 Å². The third-order valence-electron chi connectivity index (χ3n) is 6.10. The highest BCUT2D eigenvalue weighted by Crippen LogP contribution is 2.26. The van der Waals surface area contributed by atoms with Crippen molar-refractivity contribution in [3.8, 4) is 16.9 Å². The Kier molecular flexibility index (Phi) is 6.14. The Morgan fingerprint density at radius 3 is 2.43 bits per heavy atom. The third kappa shape index (κ3) is 4.84. The lowest BCUT2D eigenvalue weighted by Gasteiger charge is -2.15. The first-order chi connectivity index (χ1) is 17.0. The maximum Gasteiger partial charge on any atom is 0.259 e. The third-order valence-corrected chi connectivity index (χ3v) is 6.10. The number of nitrogens with zero attached hydrogens (tertiary/aromatic N) is 3. The standard InChI is InChI=1S/C28H25FN4O2/c1-19-6-4-7-20(16-19)26-25(18-33(31-26)24-12-10-22(29)11-13-24)27(34)30-23-9-5-8-21(17-23)28(35)32-14-2-3-15-32/h4-13,16-18H,2-3,14-15H2,1H3,(H,30,34). The monoisotopic (exact) mass is 468 g/mol. The van der Waals surface area contributed by atoms with Gasteiger partial charge in [-0.3, -0.25) is 9.59 Å². The van der Waals surface area contributed by atoms with Crippen molar-refractivity contribution in [1.29, 1.82) is 0 Å². The molecule has 0 unspecified atom stereocenters. The summed E-state index contributed by atoms with van der Waals surface area (Å²) in [4.78, 5) is 28.0. The molecule has 0 atom stereocenters. The smallest absolute Gasteiger partial charge is 0.259 e. The molecule has 6 nitrogen and oxygen atoms in total. The first-order valence-corrected chi connectivity index (χ1v) is 11.6. The van der Waals surface area contributed by atoms with Crippen LogP contribution in [0.25, 0.3) is 16.9 Å². The van der Waals surface area contributed by atoms with Crippen LogP contribution in [-0.4, -0.2) is 39.6 Å². The zero-order chi connectivity index (χ0) is 24.4. The highest BCUT2D eigenvalue weighted by Gasteiger charge is 2.22. The Hall–Kier alpha value is -4.26. The predicted octanol–water partition coefficient (Wildman–Crippen LogP) is 5.48. The topological polar surface area (TPSA) is 67.2 Å². The van der Waals surface area contributed by atoms with Gasteiger partial charge in [0.1, 0.15) is 11.5 Å². The molecule has 1 aliphatic rings. The van der Waals surface area contributed by atoms with E-state index in [2.05, 4.69) is 10.4 Å². The summed E-state index contributed by atoms with van der Waals surface area (Å²) in [6.07, 6.45) is 3.67. The molecule has 3 aromatic carbocycles. The van der Waals surface area contributed by atoms with Crippen molar-refractivity contribution < 1.29 is 14.0 Å². The van der Waals surface area contributed by atoms with Crippen LogP contribution in [0.15, 0.2) is 79.0 Å². The highest BCUT2D eigenvalue weighted by molar-refractivity contribution is 6.08. The maximum absolute atomic E-state index is 13.4. The Morgan fingerprint density at radius 1 is 0.943 bits per heavy atom. The molecule has 0 spiro atoms. The van der Waals surface area contributed by atoms with Crippen molar-refractivity contribution in [1.82, 2.24) is 14.7 Å². The van der Waals surface area contributed by atoms with E-state index < -0.39 is 0 Å². The molecular formula is C28H25FN4O2. The molecule has 2 heterocycles. The van der Waals surface area contributed by atoms with Gasteiger partial charge in [-0.25, -0.2) is 9.07 Å². The second-order valence-electron chi connectivity index (χ2n) is 8.72. The van der Waals surface area contributed by atoms with Crippen LogP contribution in [0.5, 0.6) is 0 Å². The number of aryl methyl sites for hydroxylation is 1. The second-order valence-corrected chi connectivity index (χ2v) is 8.72. The van der Waals surface area contributed by atoms with Gasteiger partial charge in [-0.1, -0.05) is 29.8 Å². The fourth-order valence-electron chi connectivity index (χ4n) is 4.30. The summed E-state index contributed by atoms with van der Waals surface area (Å²) in [5, 5.41) is 7.57. The highest BCUT2D eigenvalue weighted by atomic mass is 19.1. The van der Waals surface area contributed by atoms with Gasteiger partial charge in [0.2, 0.25) is 0 Å². The maximum atomic E-state index is 13.4. The Morgan fingerprint density at radius 2 is 1.69 bits per heavy atom. The zero-order valence-electron chi connectivity index (χ0n) is 19.4. The summed E-state index contributed by atoms with van der Waals surface area (Å²) in [5.41, 5.74) is 4.44. The average molecular weight is 469 g/mol. The molecule has 176 valence electrons. The van der Waals surface area contributed by atoms with Crippen LogP contribution in [0, 0.1) is 12.7 Å². The van der Waals surface area contributed by atoms with E-state index in [4.69, 9.17) is 0 Å². The molecule has 4 aromatic rings. The molecule has 1 fully saturated rings. The van der Waals surface area contributed by atoms with Crippen LogP contribution >= 0.6 is 0 Å². The van der Waals surface area contributed by atoms with E-state index in [1.807, 2.05) is 36.1 Å². The molecule has 35 heavy (non-hydrogen) atoms.